The number of benzene rings is 2. The van der Waals surface area contributed by atoms with Gasteiger partial charge in [0.1, 0.15) is 11.3 Å². The molecule has 0 atom stereocenters. The molecule has 0 spiro atoms. The molecule has 3 rings (SSSR count). The highest BCUT2D eigenvalue weighted by atomic mass is 16.3. The fourth-order valence-electron chi connectivity index (χ4n) is 2.44. The van der Waals surface area contributed by atoms with E-state index in [0.717, 1.165) is 22.3 Å². The zero-order valence-corrected chi connectivity index (χ0v) is 12.4. The summed E-state index contributed by atoms with van der Waals surface area (Å²) < 4.78 is 5.93. The molecule has 0 bridgehead atoms. The van der Waals surface area contributed by atoms with E-state index in [4.69, 9.17) is 4.42 Å². The van der Waals surface area contributed by atoms with Crippen LogP contribution in [0.15, 0.2) is 82.5 Å². The van der Waals surface area contributed by atoms with Crippen LogP contribution in [-0.4, -0.2) is 0 Å². The van der Waals surface area contributed by atoms with Crippen molar-refractivity contribution in [3.8, 4) is 11.3 Å². The van der Waals surface area contributed by atoms with Gasteiger partial charge >= 0.3 is 0 Å². The maximum absolute atomic E-state index is 12.6. The van der Waals surface area contributed by atoms with Gasteiger partial charge in [0.2, 0.25) is 0 Å². The summed E-state index contributed by atoms with van der Waals surface area (Å²) in [5.74, 6) is 0.566. The zero-order valence-electron chi connectivity index (χ0n) is 12.4. The van der Waals surface area contributed by atoms with E-state index in [1.807, 2.05) is 49.4 Å². The first-order valence-corrected chi connectivity index (χ1v) is 7.05. The van der Waals surface area contributed by atoms with Crippen LogP contribution in [0.3, 0.4) is 0 Å². The van der Waals surface area contributed by atoms with Crippen LogP contribution in [0.25, 0.3) is 27.9 Å². The highest BCUT2D eigenvalue weighted by Gasteiger charge is 2.12. The van der Waals surface area contributed by atoms with Gasteiger partial charge < -0.3 is 4.42 Å². The fraction of sp³-hybridized carbons (Fsp3) is 0.0500. The van der Waals surface area contributed by atoms with Gasteiger partial charge in [0.05, 0.1) is 5.39 Å². The standard InChI is InChI=1S/C20H16O2/c1-13(2)14(3)16-10-7-11-18-20(16)17(21)12-19(22-18)15-8-5-4-6-9-15/h4-12H,1,3H2,2H3. The molecule has 0 amide bonds. The van der Waals surface area contributed by atoms with Gasteiger partial charge in [-0.25, -0.2) is 0 Å². The molecule has 0 unspecified atom stereocenters. The molecular formula is C20H16O2. The van der Waals surface area contributed by atoms with E-state index in [1.54, 1.807) is 6.07 Å². The Balaban J connectivity index is 2.28. The Bertz CT molecular complexity index is 931. The molecule has 108 valence electrons. The van der Waals surface area contributed by atoms with E-state index >= 15 is 0 Å². The minimum atomic E-state index is -0.0712. The molecule has 2 heteroatoms. The van der Waals surface area contributed by atoms with E-state index in [9.17, 15) is 4.79 Å². The lowest BCUT2D eigenvalue weighted by molar-refractivity contribution is 0.619. The summed E-state index contributed by atoms with van der Waals surface area (Å²) in [6.45, 7) is 9.79. The van der Waals surface area contributed by atoms with E-state index < -0.39 is 0 Å². The minimum Gasteiger partial charge on any atom is -0.456 e. The third kappa shape index (κ3) is 2.40. The van der Waals surface area contributed by atoms with Crippen molar-refractivity contribution >= 4 is 16.5 Å². The van der Waals surface area contributed by atoms with Crippen molar-refractivity contribution in [1.29, 1.82) is 0 Å². The average molecular weight is 288 g/mol. The highest BCUT2D eigenvalue weighted by molar-refractivity contribution is 5.94. The van der Waals surface area contributed by atoms with E-state index in [2.05, 4.69) is 13.2 Å². The molecule has 0 radical (unpaired) electrons. The second-order valence-corrected chi connectivity index (χ2v) is 5.28. The van der Waals surface area contributed by atoms with Crippen LogP contribution < -0.4 is 5.43 Å². The van der Waals surface area contributed by atoms with E-state index in [-0.39, 0.29) is 5.43 Å². The quantitative estimate of drug-likeness (QED) is 0.631. The lowest BCUT2D eigenvalue weighted by atomic mass is 9.97. The van der Waals surface area contributed by atoms with Crippen LogP contribution in [0.5, 0.6) is 0 Å². The smallest absolute Gasteiger partial charge is 0.193 e. The number of rotatable bonds is 3. The molecule has 22 heavy (non-hydrogen) atoms. The average Bonchev–Trinajstić information content (AvgIpc) is 2.54. The lowest BCUT2D eigenvalue weighted by Crippen LogP contribution is -2.03. The van der Waals surface area contributed by atoms with Crippen molar-refractivity contribution in [2.24, 2.45) is 0 Å². The van der Waals surface area contributed by atoms with Crippen LogP contribution >= 0.6 is 0 Å². The predicted octanol–water partition coefficient (Wildman–Crippen LogP) is 5.05. The predicted molar refractivity (Wildman–Crippen MR) is 91.8 cm³/mol. The van der Waals surface area contributed by atoms with Crippen molar-refractivity contribution in [1.82, 2.24) is 0 Å². The van der Waals surface area contributed by atoms with Gasteiger partial charge in [0.15, 0.2) is 5.43 Å². The molecular weight excluding hydrogens is 272 g/mol. The van der Waals surface area contributed by atoms with Crippen molar-refractivity contribution in [2.45, 2.75) is 6.92 Å². The molecule has 1 heterocycles. The first kappa shape index (κ1) is 14.1. The van der Waals surface area contributed by atoms with E-state index in [0.29, 0.717) is 16.7 Å². The van der Waals surface area contributed by atoms with Crippen molar-refractivity contribution in [2.75, 3.05) is 0 Å². The monoisotopic (exact) mass is 288 g/mol. The lowest BCUT2D eigenvalue weighted by Gasteiger charge is -2.09. The Kier molecular flexibility index (Phi) is 3.51. The summed E-state index contributed by atoms with van der Waals surface area (Å²) in [5, 5.41) is 0.551. The molecule has 2 aromatic carbocycles. The van der Waals surface area contributed by atoms with Crippen LogP contribution in [0, 0.1) is 0 Å². The van der Waals surface area contributed by atoms with Gasteiger partial charge in [-0.1, -0.05) is 61.2 Å². The molecule has 0 fully saturated rings. The molecule has 0 saturated heterocycles. The number of hydrogen-bond acceptors (Lipinski definition) is 2. The summed E-state index contributed by atoms with van der Waals surface area (Å²) in [6, 6.07) is 16.7. The Hall–Kier alpha value is -2.87. The van der Waals surface area contributed by atoms with Crippen LogP contribution in [0.4, 0.5) is 0 Å². The van der Waals surface area contributed by atoms with Crippen molar-refractivity contribution < 1.29 is 4.42 Å². The molecule has 0 aliphatic carbocycles. The van der Waals surface area contributed by atoms with E-state index in [1.165, 1.54) is 6.07 Å². The Labute approximate surface area is 129 Å². The van der Waals surface area contributed by atoms with Gasteiger partial charge in [-0.05, 0) is 24.1 Å². The Morgan fingerprint density at radius 2 is 1.73 bits per heavy atom. The second kappa shape index (κ2) is 5.49. The third-order valence-corrected chi connectivity index (χ3v) is 3.65. The molecule has 1 aromatic heterocycles. The topological polar surface area (TPSA) is 30.2 Å². The fourth-order valence-corrected chi connectivity index (χ4v) is 2.44. The largest absolute Gasteiger partial charge is 0.456 e. The summed E-state index contributed by atoms with van der Waals surface area (Å²) in [6.07, 6.45) is 0. The normalized spacial score (nSPS) is 10.6. The molecule has 0 aliphatic heterocycles. The first-order chi connectivity index (χ1) is 10.6. The Morgan fingerprint density at radius 3 is 2.41 bits per heavy atom. The molecule has 2 nitrogen and oxygen atoms in total. The number of fused-ring (bicyclic) bond motifs is 1. The zero-order chi connectivity index (χ0) is 15.7. The number of hydrogen-bond donors (Lipinski definition) is 0. The van der Waals surface area contributed by atoms with Crippen LogP contribution in [0.1, 0.15) is 12.5 Å². The minimum absolute atomic E-state index is 0.0712. The summed E-state index contributed by atoms with van der Waals surface area (Å²) in [7, 11) is 0. The molecule has 3 aromatic rings. The van der Waals surface area contributed by atoms with Gasteiger partial charge in [-0.15, -0.1) is 0 Å². The molecule has 0 saturated carbocycles. The van der Waals surface area contributed by atoms with Crippen molar-refractivity contribution in [3.05, 3.63) is 89.1 Å². The summed E-state index contributed by atoms with van der Waals surface area (Å²) in [4.78, 5) is 12.6. The van der Waals surface area contributed by atoms with Gasteiger partial charge in [-0.2, -0.15) is 0 Å². The second-order valence-electron chi connectivity index (χ2n) is 5.28. The molecule has 0 N–H and O–H groups in total. The Morgan fingerprint density at radius 1 is 1.00 bits per heavy atom. The molecule has 0 aliphatic rings. The first-order valence-electron chi connectivity index (χ1n) is 7.05. The highest BCUT2D eigenvalue weighted by Crippen LogP contribution is 2.28. The van der Waals surface area contributed by atoms with Crippen LogP contribution in [0.2, 0.25) is 0 Å². The van der Waals surface area contributed by atoms with Gasteiger partial charge in [0, 0.05) is 11.6 Å². The van der Waals surface area contributed by atoms with Crippen molar-refractivity contribution in [3.63, 3.8) is 0 Å². The third-order valence-electron chi connectivity index (χ3n) is 3.65. The van der Waals surface area contributed by atoms with Gasteiger partial charge in [0.25, 0.3) is 0 Å². The van der Waals surface area contributed by atoms with Crippen LogP contribution in [-0.2, 0) is 0 Å². The SMILES string of the molecule is C=C(C)C(=C)c1cccc2oc(-c3ccccc3)cc(=O)c12. The number of allylic oxidation sites excluding steroid dienone is 2. The summed E-state index contributed by atoms with van der Waals surface area (Å²) >= 11 is 0. The maximum atomic E-state index is 12.6. The van der Waals surface area contributed by atoms with Gasteiger partial charge in [-0.3, -0.25) is 4.79 Å². The maximum Gasteiger partial charge on any atom is 0.193 e. The summed E-state index contributed by atoms with van der Waals surface area (Å²) in [5.41, 5.74) is 3.73.